The van der Waals surface area contributed by atoms with Gasteiger partial charge in [-0.1, -0.05) is 6.07 Å². The van der Waals surface area contributed by atoms with Crippen LogP contribution in [0.25, 0.3) is 0 Å². The van der Waals surface area contributed by atoms with Crippen LogP contribution in [0.15, 0.2) is 18.2 Å². The fraction of sp³-hybridized carbons (Fsp3) is 0.533. The number of methoxy groups -OCH3 is 2. The van der Waals surface area contributed by atoms with Gasteiger partial charge < -0.3 is 19.7 Å². The van der Waals surface area contributed by atoms with Gasteiger partial charge in [-0.15, -0.1) is 11.6 Å². The number of alkyl halides is 1. The van der Waals surface area contributed by atoms with Crippen LogP contribution >= 0.6 is 11.6 Å². The zero-order chi connectivity index (χ0) is 15.8. The number of hydrogen-bond donors (Lipinski definition) is 1. The number of benzene rings is 1. The van der Waals surface area contributed by atoms with E-state index in [1.54, 1.807) is 32.4 Å². The molecule has 1 aromatic rings. The quantitative estimate of drug-likeness (QED) is 0.589. The molecule has 1 atom stereocenters. The van der Waals surface area contributed by atoms with Gasteiger partial charge in [-0.2, -0.15) is 0 Å². The van der Waals surface area contributed by atoms with Crippen molar-refractivity contribution in [2.24, 2.45) is 0 Å². The van der Waals surface area contributed by atoms with Crippen molar-refractivity contribution in [3.63, 3.8) is 0 Å². The maximum atomic E-state index is 12.0. The molecule has 5 nitrogen and oxygen atoms in total. The van der Waals surface area contributed by atoms with Crippen LogP contribution in [0, 0.1) is 0 Å². The van der Waals surface area contributed by atoms with Crippen LogP contribution in [0.1, 0.15) is 17.4 Å². The van der Waals surface area contributed by atoms with E-state index in [2.05, 4.69) is 10.2 Å². The molecule has 118 valence electrons. The third-order valence-electron chi connectivity index (χ3n) is 3.01. The van der Waals surface area contributed by atoms with Crippen molar-refractivity contribution in [2.75, 3.05) is 41.4 Å². The van der Waals surface area contributed by atoms with Crippen LogP contribution in [0.3, 0.4) is 0 Å². The largest absolute Gasteiger partial charge is 0.493 e. The van der Waals surface area contributed by atoms with Crippen molar-refractivity contribution in [1.82, 2.24) is 10.2 Å². The van der Waals surface area contributed by atoms with Gasteiger partial charge in [0.05, 0.1) is 14.2 Å². The molecular formula is C15H23ClN2O3. The second kappa shape index (κ2) is 8.74. The molecule has 0 aliphatic rings. The van der Waals surface area contributed by atoms with Crippen LogP contribution in [0.4, 0.5) is 0 Å². The molecule has 0 aliphatic carbocycles. The van der Waals surface area contributed by atoms with Gasteiger partial charge in [0.1, 0.15) is 5.38 Å². The lowest BCUT2D eigenvalue weighted by Gasteiger charge is -2.14. The molecule has 1 N–H and O–H groups in total. The van der Waals surface area contributed by atoms with E-state index in [1.807, 2.05) is 14.1 Å². The van der Waals surface area contributed by atoms with Crippen molar-refractivity contribution in [3.8, 4) is 11.5 Å². The summed E-state index contributed by atoms with van der Waals surface area (Å²) >= 11 is 6.20. The van der Waals surface area contributed by atoms with Crippen LogP contribution < -0.4 is 14.8 Å². The van der Waals surface area contributed by atoms with Crippen LogP contribution in [0.2, 0.25) is 0 Å². The molecule has 0 aromatic heterocycles. The van der Waals surface area contributed by atoms with E-state index in [-0.39, 0.29) is 5.91 Å². The minimum atomic E-state index is -0.746. The maximum absolute atomic E-state index is 12.0. The molecule has 0 radical (unpaired) electrons. The van der Waals surface area contributed by atoms with Crippen molar-refractivity contribution in [2.45, 2.75) is 11.8 Å². The van der Waals surface area contributed by atoms with Gasteiger partial charge in [-0.25, -0.2) is 0 Å². The number of amides is 1. The summed E-state index contributed by atoms with van der Waals surface area (Å²) in [5.74, 6) is 0.959. The molecule has 21 heavy (non-hydrogen) atoms. The normalized spacial score (nSPS) is 12.1. The topological polar surface area (TPSA) is 50.8 Å². The molecule has 0 bridgehead atoms. The first kappa shape index (κ1) is 17.6. The summed E-state index contributed by atoms with van der Waals surface area (Å²) in [6.07, 6.45) is 0.883. The molecule has 0 saturated carbocycles. The zero-order valence-corrected chi connectivity index (χ0v) is 13.7. The summed E-state index contributed by atoms with van der Waals surface area (Å²) in [4.78, 5) is 14.1. The van der Waals surface area contributed by atoms with Gasteiger partial charge in [0, 0.05) is 6.54 Å². The van der Waals surface area contributed by atoms with Gasteiger partial charge in [0.2, 0.25) is 5.91 Å². The molecule has 1 rings (SSSR count). The smallest absolute Gasteiger partial charge is 0.242 e. The van der Waals surface area contributed by atoms with Gasteiger partial charge in [0.15, 0.2) is 11.5 Å². The van der Waals surface area contributed by atoms with Gasteiger partial charge >= 0.3 is 0 Å². The standard InChI is InChI=1S/C15H23ClN2O3/c1-18(2)9-5-8-17-15(19)14(16)11-6-7-12(20-3)13(10-11)21-4/h6-7,10,14H,5,8-9H2,1-4H3,(H,17,19). The highest BCUT2D eigenvalue weighted by Crippen LogP contribution is 2.32. The lowest BCUT2D eigenvalue weighted by atomic mass is 10.1. The Morgan fingerprint density at radius 2 is 1.95 bits per heavy atom. The maximum Gasteiger partial charge on any atom is 0.242 e. The van der Waals surface area contributed by atoms with E-state index in [9.17, 15) is 4.79 Å². The van der Waals surface area contributed by atoms with E-state index in [1.165, 1.54) is 0 Å². The second-order valence-electron chi connectivity index (χ2n) is 4.92. The highest BCUT2D eigenvalue weighted by atomic mass is 35.5. The number of halogens is 1. The number of carbonyl (C=O) groups is 1. The van der Waals surface area contributed by atoms with E-state index in [0.29, 0.717) is 23.6 Å². The first-order chi connectivity index (χ1) is 9.99. The highest BCUT2D eigenvalue weighted by molar-refractivity contribution is 6.30. The van der Waals surface area contributed by atoms with Crippen molar-refractivity contribution in [3.05, 3.63) is 23.8 Å². The van der Waals surface area contributed by atoms with Gasteiger partial charge in [-0.3, -0.25) is 4.79 Å². The Labute approximate surface area is 131 Å². The SMILES string of the molecule is COc1ccc(C(Cl)C(=O)NCCCN(C)C)cc1OC. The molecule has 6 heteroatoms. The molecule has 0 spiro atoms. The number of nitrogens with zero attached hydrogens (tertiary/aromatic N) is 1. The summed E-state index contributed by atoms with van der Waals surface area (Å²) < 4.78 is 10.4. The second-order valence-corrected chi connectivity index (χ2v) is 5.36. The summed E-state index contributed by atoms with van der Waals surface area (Å²) in [6, 6.07) is 5.22. The Bertz CT molecular complexity index is 466. The molecule has 1 amide bonds. The molecule has 1 aromatic carbocycles. The minimum absolute atomic E-state index is 0.206. The zero-order valence-electron chi connectivity index (χ0n) is 13.0. The molecule has 0 aliphatic heterocycles. The van der Waals surface area contributed by atoms with E-state index in [0.717, 1.165) is 13.0 Å². The van der Waals surface area contributed by atoms with Crippen LogP contribution in [0.5, 0.6) is 11.5 Å². The third-order valence-corrected chi connectivity index (χ3v) is 3.46. The van der Waals surface area contributed by atoms with Crippen molar-refractivity contribution >= 4 is 17.5 Å². The summed E-state index contributed by atoms with van der Waals surface area (Å²) in [5, 5.41) is 2.09. The number of nitrogens with one attached hydrogen (secondary N) is 1. The average Bonchev–Trinajstić information content (AvgIpc) is 2.49. The minimum Gasteiger partial charge on any atom is -0.493 e. The molecule has 0 fully saturated rings. The van der Waals surface area contributed by atoms with E-state index < -0.39 is 5.38 Å². The third kappa shape index (κ3) is 5.44. The predicted octanol–water partition coefficient (Wildman–Crippen LogP) is 2.05. The fourth-order valence-corrected chi connectivity index (χ4v) is 2.07. The number of ether oxygens (including phenoxy) is 2. The first-order valence-electron chi connectivity index (χ1n) is 6.78. The van der Waals surface area contributed by atoms with Gasteiger partial charge in [0.25, 0.3) is 0 Å². The monoisotopic (exact) mass is 314 g/mol. The fourth-order valence-electron chi connectivity index (χ4n) is 1.86. The Balaban J connectivity index is 2.61. The van der Waals surface area contributed by atoms with Crippen molar-refractivity contribution in [1.29, 1.82) is 0 Å². The lowest BCUT2D eigenvalue weighted by molar-refractivity contribution is -0.120. The molecular weight excluding hydrogens is 292 g/mol. The Kier molecular flexibility index (Phi) is 7.32. The number of carbonyl (C=O) groups excluding carboxylic acids is 1. The predicted molar refractivity (Wildman–Crippen MR) is 84.3 cm³/mol. The highest BCUT2D eigenvalue weighted by Gasteiger charge is 2.19. The summed E-state index contributed by atoms with van der Waals surface area (Å²) in [5.41, 5.74) is 0.680. The Hall–Kier alpha value is -1.46. The Morgan fingerprint density at radius 3 is 2.52 bits per heavy atom. The van der Waals surface area contributed by atoms with Crippen LogP contribution in [-0.4, -0.2) is 52.2 Å². The lowest BCUT2D eigenvalue weighted by Crippen LogP contribution is -2.29. The molecule has 0 saturated heterocycles. The first-order valence-corrected chi connectivity index (χ1v) is 7.21. The van der Waals surface area contributed by atoms with Crippen molar-refractivity contribution < 1.29 is 14.3 Å². The average molecular weight is 315 g/mol. The molecule has 1 unspecified atom stereocenters. The van der Waals surface area contributed by atoms with E-state index in [4.69, 9.17) is 21.1 Å². The number of rotatable bonds is 8. The summed E-state index contributed by atoms with van der Waals surface area (Å²) in [7, 11) is 7.10. The number of hydrogen-bond acceptors (Lipinski definition) is 4. The van der Waals surface area contributed by atoms with Crippen LogP contribution in [-0.2, 0) is 4.79 Å². The van der Waals surface area contributed by atoms with Gasteiger partial charge in [-0.05, 0) is 44.8 Å². The summed E-state index contributed by atoms with van der Waals surface area (Å²) in [6.45, 7) is 1.52. The van der Waals surface area contributed by atoms with E-state index >= 15 is 0 Å². The Morgan fingerprint density at radius 1 is 1.29 bits per heavy atom. The molecule has 0 heterocycles.